The molecule has 1 aliphatic rings. The summed E-state index contributed by atoms with van der Waals surface area (Å²) in [7, 11) is 0. The molecule has 1 fully saturated rings. The molecule has 0 unspecified atom stereocenters. The van der Waals surface area contributed by atoms with Gasteiger partial charge in [0.15, 0.2) is 0 Å². The molecule has 9 heteroatoms. The number of anilines is 1. The van der Waals surface area contributed by atoms with Crippen molar-refractivity contribution in [2.24, 2.45) is 4.99 Å². The normalized spacial score (nSPS) is 18.4. The lowest BCUT2D eigenvalue weighted by molar-refractivity contribution is 0.100. The maximum absolute atomic E-state index is 13.8. The Kier molecular flexibility index (Phi) is 8.65. The van der Waals surface area contributed by atoms with Crippen LogP contribution in [0.5, 0.6) is 0 Å². The number of nitrogens with zero attached hydrogens (tertiary/aromatic N) is 1. The smallest absolute Gasteiger partial charge is 0.407 e. The zero-order valence-electron chi connectivity index (χ0n) is 18.7. The number of aliphatic imine (C=N–C) groups is 1. The number of benzene rings is 2. The van der Waals surface area contributed by atoms with E-state index in [-0.39, 0.29) is 23.1 Å². The fraction of sp³-hybridized carbons (Fsp3) is 0.375. The van der Waals surface area contributed by atoms with Gasteiger partial charge in [-0.3, -0.25) is 4.79 Å². The molecule has 3 N–H and O–H groups in total. The van der Waals surface area contributed by atoms with Gasteiger partial charge in [-0.15, -0.1) is 0 Å². The Morgan fingerprint density at radius 2 is 1.70 bits per heavy atom. The first kappa shape index (κ1) is 24.5. The van der Waals surface area contributed by atoms with Gasteiger partial charge in [0.25, 0.3) is 5.91 Å². The van der Waals surface area contributed by atoms with E-state index in [2.05, 4.69) is 20.9 Å². The number of hydrogen-bond acceptors (Lipinski definition) is 3. The van der Waals surface area contributed by atoms with Crippen LogP contribution in [0.1, 0.15) is 48.5 Å². The summed E-state index contributed by atoms with van der Waals surface area (Å²) in [5.41, 5.74) is 1.86. The van der Waals surface area contributed by atoms with E-state index in [1.807, 2.05) is 19.1 Å². The summed E-state index contributed by atoms with van der Waals surface area (Å²) in [5, 5.41) is 9.33. The van der Waals surface area contributed by atoms with E-state index in [0.29, 0.717) is 17.9 Å². The molecule has 3 rings (SSSR count). The van der Waals surface area contributed by atoms with Crippen molar-refractivity contribution >= 4 is 35.2 Å². The fourth-order valence-corrected chi connectivity index (χ4v) is 3.86. The zero-order chi connectivity index (χ0) is 23.8. The van der Waals surface area contributed by atoms with Crippen molar-refractivity contribution in [1.29, 1.82) is 0 Å². The van der Waals surface area contributed by atoms with Crippen LogP contribution >= 0.6 is 11.6 Å². The van der Waals surface area contributed by atoms with E-state index in [0.717, 1.165) is 31.2 Å². The molecule has 0 saturated heterocycles. The summed E-state index contributed by atoms with van der Waals surface area (Å²) >= 11 is 5.97. The third-order valence-corrected chi connectivity index (χ3v) is 5.52. The highest BCUT2D eigenvalue weighted by molar-refractivity contribution is 6.31. The minimum atomic E-state index is -0.500. The Morgan fingerprint density at radius 3 is 2.30 bits per heavy atom. The average molecular weight is 475 g/mol. The topological polar surface area (TPSA) is 91.8 Å². The maximum Gasteiger partial charge on any atom is 0.407 e. The molecule has 0 bridgehead atoms. The molecule has 0 aromatic heterocycles. The molecule has 2 aromatic rings. The van der Waals surface area contributed by atoms with Crippen molar-refractivity contribution in [2.45, 2.75) is 51.6 Å². The number of amides is 2. The molecule has 0 spiro atoms. The van der Waals surface area contributed by atoms with Gasteiger partial charge in [-0.2, -0.15) is 4.99 Å². The van der Waals surface area contributed by atoms with Crippen molar-refractivity contribution in [3.8, 4) is 0 Å². The van der Waals surface area contributed by atoms with Gasteiger partial charge in [0.1, 0.15) is 5.82 Å². The molecule has 1 saturated carbocycles. The van der Waals surface area contributed by atoms with E-state index in [1.165, 1.54) is 12.1 Å². The Hall–Kier alpha value is -3.13. The van der Waals surface area contributed by atoms with Crippen molar-refractivity contribution in [1.82, 2.24) is 10.6 Å². The number of alkyl carbamates (subject to hydrolysis) is 1. The monoisotopic (exact) mass is 474 g/mol. The molecule has 0 atom stereocenters. The lowest BCUT2D eigenvalue weighted by atomic mass is 9.91. The van der Waals surface area contributed by atoms with Crippen LogP contribution in [0.15, 0.2) is 47.5 Å². The molecule has 0 heterocycles. The molecule has 2 aromatic carbocycles. The Morgan fingerprint density at radius 1 is 1.06 bits per heavy atom. The highest BCUT2D eigenvalue weighted by Gasteiger charge is 2.24. The van der Waals surface area contributed by atoms with Crippen LogP contribution < -0.4 is 16.0 Å². The van der Waals surface area contributed by atoms with E-state index < -0.39 is 17.8 Å². The van der Waals surface area contributed by atoms with Crippen LogP contribution in [0.2, 0.25) is 5.02 Å². The largest absolute Gasteiger partial charge is 0.450 e. The van der Waals surface area contributed by atoms with Gasteiger partial charge in [0, 0.05) is 28.4 Å². The SMILES string of the molecule is CCOC(=O)NC1CCC(N/C(=N\C(=O)c2ccc(C)cc2)Nc2cc(F)cc(Cl)c2)CC1. The van der Waals surface area contributed by atoms with Crippen LogP contribution in [0.25, 0.3) is 0 Å². The number of guanidine groups is 1. The van der Waals surface area contributed by atoms with Crippen molar-refractivity contribution in [3.05, 3.63) is 64.4 Å². The Labute approximate surface area is 197 Å². The van der Waals surface area contributed by atoms with Crippen LogP contribution in [-0.4, -0.2) is 36.7 Å². The maximum atomic E-state index is 13.8. The lowest BCUT2D eigenvalue weighted by Gasteiger charge is -2.30. The second-order valence-corrected chi connectivity index (χ2v) is 8.41. The van der Waals surface area contributed by atoms with Gasteiger partial charge < -0.3 is 20.7 Å². The summed E-state index contributed by atoms with van der Waals surface area (Å²) in [6, 6.07) is 11.2. The van der Waals surface area contributed by atoms with E-state index >= 15 is 0 Å². The number of ether oxygens (including phenoxy) is 1. The summed E-state index contributed by atoms with van der Waals surface area (Å²) in [5.74, 6) is -0.714. The Balaban J connectivity index is 1.71. The van der Waals surface area contributed by atoms with Crippen molar-refractivity contribution in [3.63, 3.8) is 0 Å². The van der Waals surface area contributed by atoms with E-state index in [9.17, 15) is 14.0 Å². The predicted octanol–water partition coefficient (Wildman–Crippen LogP) is 5.04. The second kappa shape index (κ2) is 11.7. The highest BCUT2D eigenvalue weighted by Crippen LogP contribution is 2.21. The first-order valence-electron chi connectivity index (χ1n) is 10.9. The summed E-state index contributed by atoms with van der Waals surface area (Å²) in [6.07, 6.45) is 2.59. The fourth-order valence-electron chi connectivity index (χ4n) is 3.64. The third kappa shape index (κ3) is 7.75. The van der Waals surface area contributed by atoms with E-state index in [4.69, 9.17) is 16.3 Å². The van der Waals surface area contributed by atoms with E-state index in [1.54, 1.807) is 25.1 Å². The van der Waals surface area contributed by atoms with Crippen molar-refractivity contribution < 1.29 is 18.7 Å². The van der Waals surface area contributed by atoms with Gasteiger partial charge in [-0.05, 0) is 69.9 Å². The number of carbonyl (C=O) groups is 2. The number of halogens is 2. The number of nitrogens with one attached hydrogen (secondary N) is 3. The number of rotatable bonds is 5. The van der Waals surface area contributed by atoms with Crippen LogP contribution in [-0.2, 0) is 4.74 Å². The summed E-state index contributed by atoms with van der Waals surface area (Å²) in [6.45, 7) is 4.03. The Bertz CT molecular complexity index is 985. The first-order chi connectivity index (χ1) is 15.8. The molecule has 0 aliphatic heterocycles. The first-order valence-corrected chi connectivity index (χ1v) is 11.3. The zero-order valence-corrected chi connectivity index (χ0v) is 19.4. The van der Waals surface area contributed by atoms with Crippen LogP contribution in [0.4, 0.5) is 14.9 Å². The number of carbonyl (C=O) groups excluding carboxylic acids is 2. The minimum absolute atomic E-state index is 0.0198. The lowest BCUT2D eigenvalue weighted by Crippen LogP contribution is -2.45. The molecular formula is C24H28ClFN4O3. The van der Waals surface area contributed by atoms with Gasteiger partial charge in [0.2, 0.25) is 5.96 Å². The summed E-state index contributed by atoms with van der Waals surface area (Å²) in [4.78, 5) is 28.6. The molecule has 33 heavy (non-hydrogen) atoms. The number of aryl methyl sites for hydroxylation is 1. The van der Waals surface area contributed by atoms with Gasteiger partial charge >= 0.3 is 6.09 Å². The standard InChI is InChI=1S/C24H28ClFN4O3/c1-3-33-24(32)29-20-10-8-19(9-11-20)27-23(28-21-13-17(25)12-18(26)14-21)30-22(31)16-6-4-15(2)5-7-16/h4-7,12-14,19-20H,3,8-11H2,1-2H3,(H,29,32)(H2,27,28,30,31). The second-order valence-electron chi connectivity index (χ2n) is 7.97. The molecule has 1 aliphatic carbocycles. The van der Waals surface area contributed by atoms with Gasteiger partial charge in [-0.1, -0.05) is 29.3 Å². The van der Waals surface area contributed by atoms with Crippen LogP contribution in [0, 0.1) is 12.7 Å². The molecule has 2 amide bonds. The van der Waals surface area contributed by atoms with Crippen molar-refractivity contribution in [2.75, 3.05) is 11.9 Å². The quantitative estimate of drug-likeness (QED) is 0.417. The van der Waals surface area contributed by atoms with Gasteiger partial charge in [0.05, 0.1) is 6.61 Å². The summed E-state index contributed by atoms with van der Waals surface area (Å²) < 4.78 is 18.7. The van der Waals surface area contributed by atoms with Gasteiger partial charge in [-0.25, -0.2) is 9.18 Å². The van der Waals surface area contributed by atoms with Crippen LogP contribution in [0.3, 0.4) is 0 Å². The minimum Gasteiger partial charge on any atom is -0.450 e. The molecule has 0 radical (unpaired) electrons. The predicted molar refractivity (Wildman–Crippen MR) is 127 cm³/mol. The highest BCUT2D eigenvalue weighted by atomic mass is 35.5. The molecular weight excluding hydrogens is 447 g/mol. The number of hydrogen-bond donors (Lipinski definition) is 3. The average Bonchev–Trinajstić information content (AvgIpc) is 2.75. The third-order valence-electron chi connectivity index (χ3n) is 5.30. The molecule has 7 nitrogen and oxygen atoms in total. The molecule has 176 valence electrons.